The second-order valence-corrected chi connectivity index (χ2v) is 9.48. The fourth-order valence-corrected chi connectivity index (χ4v) is 4.94. The summed E-state index contributed by atoms with van der Waals surface area (Å²) in [6, 6.07) is 20.5. The molecule has 0 saturated carbocycles. The van der Waals surface area contributed by atoms with E-state index in [-0.39, 0.29) is 11.4 Å². The van der Waals surface area contributed by atoms with Crippen molar-refractivity contribution in [3.05, 3.63) is 78.4 Å². The number of thioether (sulfide) groups is 1. The van der Waals surface area contributed by atoms with Crippen molar-refractivity contribution in [3.63, 3.8) is 0 Å². The monoisotopic (exact) mass is 456 g/mol. The number of hydrogen-bond donors (Lipinski definition) is 1. The van der Waals surface area contributed by atoms with Gasteiger partial charge in [-0.25, -0.2) is 8.42 Å². The highest BCUT2D eigenvalue weighted by atomic mass is 32.2. The van der Waals surface area contributed by atoms with Crippen LogP contribution in [0.2, 0.25) is 0 Å². The summed E-state index contributed by atoms with van der Waals surface area (Å²) in [5.41, 5.74) is 1.96. The maximum atomic E-state index is 13.4. The molecule has 0 unspecified atom stereocenters. The van der Waals surface area contributed by atoms with Crippen LogP contribution in [0.15, 0.2) is 82.6 Å². The number of hydrogen-bond acceptors (Lipinski definition) is 5. The van der Waals surface area contributed by atoms with E-state index in [9.17, 15) is 13.2 Å². The molecule has 3 aromatic rings. The van der Waals surface area contributed by atoms with Crippen LogP contribution in [0.3, 0.4) is 0 Å². The van der Waals surface area contributed by atoms with Gasteiger partial charge < -0.3 is 10.1 Å². The zero-order chi connectivity index (χ0) is 22.4. The van der Waals surface area contributed by atoms with E-state index in [1.165, 1.54) is 18.9 Å². The van der Waals surface area contributed by atoms with Crippen LogP contribution in [0.5, 0.6) is 5.75 Å². The highest BCUT2D eigenvalue weighted by Crippen LogP contribution is 2.27. The molecule has 8 heteroatoms. The van der Waals surface area contributed by atoms with E-state index in [4.69, 9.17) is 4.74 Å². The number of rotatable bonds is 8. The summed E-state index contributed by atoms with van der Waals surface area (Å²) >= 11 is 1.50. The number of aryl methyl sites for hydroxylation is 1. The summed E-state index contributed by atoms with van der Waals surface area (Å²) in [5.74, 6) is 0.155. The van der Waals surface area contributed by atoms with Crippen molar-refractivity contribution in [1.82, 2.24) is 0 Å². The number of carbonyl (C=O) groups is 1. The van der Waals surface area contributed by atoms with Crippen LogP contribution in [0.1, 0.15) is 5.56 Å². The van der Waals surface area contributed by atoms with Gasteiger partial charge in [-0.1, -0.05) is 29.8 Å². The van der Waals surface area contributed by atoms with Crippen LogP contribution in [-0.4, -0.2) is 34.2 Å². The van der Waals surface area contributed by atoms with Crippen LogP contribution >= 0.6 is 11.8 Å². The molecule has 6 nitrogen and oxygen atoms in total. The number of ether oxygens (including phenoxy) is 1. The molecule has 1 amide bonds. The largest absolute Gasteiger partial charge is 0.497 e. The normalized spacial score (nSPS) is 11.1. The van der Waals surface area contributed by atoms with Gasteiger partial charge >= 0.3 is 0 Å². The Kier molecular flexibility index (Phi) is 7.25. The Morgan fingerprint density at radius 1 is 1.00 bits per heavy atom. The molecular weight excluding hydrogens is 432 g/mol. The molecule has 1 N–H and O–H groups in total. The summed E-state index contributed by atoms with van der Waals surface area (Å²) in [4.78, 5) is 13.9. The van der Waals surface area contributed by atoms with Gasteiger partial charge in [0.1, 0.15) is 12.3 Å². The molecule has 0 heterocycles. The number of nitrogens with zero attached hydrogens (tertiary/aromatic N) is 1. The minimum atomic E-state index is -3.97. The maximum absolute atomic E-state index is 13.4. The highest BCUT2D eigenvalue weighted by Gasteiger charge is 2.27. The molecular formula is C23H24N2O4S2. The molecule has 31 heavy (non-hydrogen) atoms. The first-order valence-electron chi connectivity index (χ1n) is 9.51. The van der Waals surface area contributed by atoms with Gasteiger partial charge in [0.25, 0.3) is 10.0 Å². The number of anilines is 2. The standard InChI is InChI=1S/C23H24N2O4S2/c1-17-8-14-20(15-9-17)31(27,28)25(18-10-12-19(29-2)13-11-18)16-23(26)24-21-6-4-5-7-22(21)30-3/h4-15H,16H2,1-3H3,(H,24,26). The van der Waals surface area contributed by atoms with E-state index < -0.39 is 15.9 Å². The van der Waals surface area contributed by atoms with E-state index in [1.807, 2.05) is 31.4 Å². The third-order valence-electron chi connectivity index (χ3n) is 4.64. The lowest BCUT2D eigenvalue weighted by molar-refractivity contribution is -0.114. The third kappa shape index (κ3) is 5.39. The quantitative estimate of drug-likeness (QED) is 0.503. The summed E-state index contributed by atoms with van der Waals surface area (Å²) in [6.07, 6.45) is 1.91. The van der Waals surface area contributed by atoms with Gasteiger partial charge in [-0.15, -0.1) is 11.8 Å². The Morgan fingerprint density at radius 3 is 2.26 bits per heavy atom. The summed E-state index contributed by atoms with van der Waals surface area (Å²) in [6.45, 7) is 1.51. The Hall–Kier alpha value is -2.97. The molecule has 0 aliphatic rings. The van der Waals surface area contributed by atoms with Crippen molar-refractivity contribution in [1.29, 1.82) is 0 Å². The molecule has 0 saturated heterocycles. The summed E-state index contributed by atoms with van der Waals surface area (Å²) in [5, 5.41) is 2.83. The van der Waals surface area contributed by atoms with Gasteiger partial charge in [-0.05, 0) is 61.7 Å². The van der Waals surface area contributed by atoms with E-state index >= 15 is 0 Å². The lowest BCUT2D eigenvalue weighted by Crippen LogP contribution is -2.38. The second-order valence-electron chi connectivity index (χ2n) is 6.77. The molecule has 0 radical (unpaired) electrons. The van der Waals surface area contributed by atoms with Crippen molar-refractivity contribution in [3.8, 4) is 5.75 Å². The lowest BCUT2D eigenvalue weighted by atomic mass is 10.2. The summed E-state index contributed by atoms with van der Waals surface area (Å²) < 4.78 is 33.1. The SMILES string of the molecule is COc1ccc(N(CC(=O)Nc2ccccc2SC)S(=O)(=O)c2ccc(C)cc2)cc1. The van der Waals surface area contributed by atoms with Crippen LogP contribution in [0.4, 0.5) is 11.4 Å². The number of para-hydroxylation sites is 1. The highest BCUT2D eigenvalue weighted by molar-refractivity contribution is 7.98. The van der Waals surface area contributed by atoms with Crippen molar-refractivity contribution in [2.45, 2.75) is 16.7 Å². The Balaban J connectivity index is 1.95. The molecule has 0 spiro atoms. The van der Waals surface area contributed by atoms with Crippen LogP contribution in [-0.2, 0) is 14.8 Å². The molecule has 0 aromatic heterocycles. The molecule has 3 rings (SSSR count). The molecule has 0 fully saturated rings. The number of amides is 1. The second kappa shape index (κ2) is 9.89. The molecule has 0 aliphatic heterocycles. The molecule has 0 atom stereocenters. The summed E-state index contributed by atoms with van der Waals surface area (Å²) in [7, 11) is -2.43. The van der Waals surface area contributed by atoms with Crippen molar-refractivity contribution < 1.29 is 17.9 Å². The number of nitrogens with one attached hydrogen (secondary N) is 1. The fourth-order valence-electron chi connectivity index (χ4n) is 2.97. The maximum Gasteiger partial charge on any atom is 0.264 e. The first-order valence-corrected chi connectivity index (χ1v) is 12.2. The van der Waals surface area contributed by atoms with Crippen molar-refractivity contribution in [2.24, 2.45) is 0 Å². The Labute approximate surface area is 187 Å². The number of carbonyl (C=O) groups excluding carboxylic acids is 1. The molecule has 162 valence electrons. The number of benzene rings is 3. The predicted octanol–water partition coefficient (Wildman–Crippen LogP) is 4.56. The van der Waals surface area contributed by atoms with Gasteiger partial charge in [-0.2, -0.15) is 0 Å². The molecule has 3 aromatic carbocycles. The van der Waals surface area contributed by atoms with E-state index in [0.29, 0.717) is 17.1 Å². The minimum absolute atomic E-state index is 0.117. The fraction of sp³-hybridized carbons (Fsp3) is 0.174. The van der Waals surface area contributed by atoms with Crippen LogP contribution in [0.25, 0.3) is 0 Å². The molecule has 0 bridgehead atoms. The van der Waals surface area contributed by atoms with Crippen LogP contribution in [0, 0.1) is 6.92 Å². The van der Waals surface area contributed by atoms with Crippen molar-refractivity contribution in [2.75, 3.05) is 29.5 Å². The average Bonchev–Trinajstić information content (AvgIpc) is 2.78. The van der Waals surface area contributed by atoms with Crippen molar-refractivity contribution >= 4 is 39.1 Å². The number of sulfonamides is 1. The smallest absolute Gasteiger partial charge is 0.264 e. The van der Waals surface area contributed by atoms with Gasteiger partial charge in [0, 0.05) is 4.90 Å². The van der Waals surface area contributed by atoms with Gasteiger partial charge in [-0.3, -0.25) is 9.10 Å². The molecule has 0 aliphatic carbocycles. The van der Waals surface area contributed by atoms with E-state index in [1.54, 1.807) is 54.6 Å². The zero-order valence-corrected chi connectivity index (χ0v) is 19.2. The Morgan fingerprint density at radius 2 is 1.65 bits per heavy atom. The zero-order valence-electron chi connectivity index (χ0n) is 17.5. The Bertz CT molecular complexity index is 1140. The van der Waals surface area contributed by atoms with E-state index in [2.05, 4.69) is 5.32 Å². The van der Waals surface area contributed by atoms with Gasteiger partial charge in [0.05, 0.1) is 23.4 Å². The predicted molar refractivity (Wildman–Crippen MR) is 126 cm³/mol. The first-order chi connectivity index (χ1) is 14.8. The van der Waals surface area contributed by atoms with E-state index in [0.717, 1.165) is 14.8 Å². The number of methoxy groups -OCH3 is 1. The topological polar surface area (TPSA) is 75.7 Å². The average molecular weight is 457 g/mol. The third-order valence-corrected chi connectivity index (χ3v) is 7.22. The lowest BCUT2D eigenvalue weighted by Gasteiger charge is -2.24. The van der Waals surface area contributed by atoms with Crippen LogP contribution < -0.4 is 14.4 Å². The minimum Gasteiger partial charge on any atom is -0.497 e. The van der Waals surface area contributed by atoms with Gasteiger partial charge in [0.15, 0.2) is 0 Å². The van der Waals surface area contributed by atoms with Gasteiger partial charge in [0.2, 0.25) is 5.91 Å². The first kappa shape index (κ1) is 22.7.